The summed E-state index contributed by atoms with van der Waals surface area (Å²) in [6.07, 6.45) is 10.2. The second-order valence-electron chi connectivity index (χ2n) is 6.13. The van der Waals surface area contributed by atoms with Crippen LogP contribution < -0.4 is 0 Å². The molecule has 1 heterocycles. The summed E-state index contributed by atoms with van der Waals surface area (Å²) in [5.74, 6) is -1.38. The number of hydrogen-bond donors (Lipinski definition) is 0. The van der Waals surface area contributed by atoms with E-state index in [1.165, 1.54) is 19.8 Å². The molecular formula is C18H28O5. The Labute approximate surface area is 138 Å². The van der Waals surface area contributed by atoms with Crippen molar-refractivity contribution < 1.29 is 23.9 Å². The minimum Gasteiger partial charge on any atom is -0.460 e. The van der Waals surface area contributed by atoms with Crippen LogP contribution in [0.5, 0.6) is 0 Å². The highest BCUT2D eigenvalue weighted by atomic mass is 16.5. The van der Waals surface area contributed by atoms with Crippen molar-refractivity contribution in [2.75, 3.05) is 0 Å². The fourth-order valence-corrected chi connectivity index (χ4v) is 2.66. The molecule has 0 aromatic heterocycles. The van der Waals surface area contributed by atoms with E-state index < -0.39 is 18.0 Å². The van der Waals surface area contributed by atoms with Crippen molar-refractivity contribution in [1.82, 2.24) is 0 Å². The van der Waals surface area contributed by atoms with Crippen LogP contribution in [0.25, 0.3) is 0 Å². The maximum Gasteiger partial charge on any atom is 0.331 e. The zero-order valence-electron chi connectivity index (χ0n) is 14.2. The summed E-state index contributed by atoms with van der Waals surface area (Å²) in [5.41, 5.74) is 0. The number of ketones is 1. The fourth-order valence-electron chi connectivity index (χ4n) is 2.66. The van der Waals surface area contributed by atoms with Crippen LogP contribution in [0.4, 0.5) is 0 Å². The third kappa shape index (κ3) is 9.16. The average Bonchev–Trinajstić information content (AvgIpc) is 2.48. The molecule has 0 radical (unpaired) electrons. The quantitative estimate of drug-likeness (QED) is 0.690. The monoisotopic (exact) mass is 324 g/mol. The minimum atomic E-state index is -0.804. The summed E-state index contributed by atoms with van der Waals surface area (Å²) in [6.45, 7) is 3.14. The smallest absolute Gasteiger partial charge is 0.331 e. The zero-order valence-corrected chi connectivity index (χ0v) is 14.2. The molecule has 0 bridgehead atoms. The molecule has 0 fully saturated rings. The molecule has 0 unspecified atom stereocenters. The van der Waals surface area contributed by atoms with Crippen molar-refractivity contribution >= 4 is 17.7 Å². The van der Waals surface area contributed by atoms with Crippen LogP contribution in [0.2, 0.25) is 0 Å². The molecular weight excluding hydrogens is 296 g/mol. The third-order valence-electron chi connectivity index (χ3n) is 3.90. The summed E-state index contributed by atoms with van der Waals surface area (Å²) >= 11 is 0. The predicted octanol–water partition coefficient (Wildman–Crippen LogP) is 3.50. The Bertz CT molecular complexity index is 427. The lowest BCUT2D eigenvalue weighted by atomic mass is 10.0. The Hall–Kier alpha value is -1.65. The Kier molecular flexibility index (Phi) is 9.25. The maximum absolute atomic E-state index is 12.1. The van der Waals surface area contributed by atoms with E-state index in [9.17, 15) is 14.4 Å². The van der Waals surface area contributed by atoms with Gasteiger partial charge in [0.05, 0.1) is 6.10 Å². The summed E-state index contributed by atoms with van der Waals surface area (Å²) in [5, 5.41) is 0. The van der Waals surface area contributed by atoms with Gasteiger partial charge in [-0.15, -0.1) is 0 Å². The van der Waals surface area contributed by atoms with E-state index in [1.54, 1.807) is 0 Å². The number of hydrogen-bond acceptors (Lipinski definition) is 5. The Morgan fingerprint density at radius 3 is 2.17 bits per heavy atom. The van der Waals surface area contributed by atoms with E-state index in [2.05, 4.69) is 0 Å². The van der Waals surface area contributed by atoms with Gasteiger partial charge in [-0.3, -0.25) is 9.59 Å². The highest BCUT2D eigenvalue weighted by Gasteiger charge is 2.19. The molecule has 1 aliphatic heterocycles. The van der Waals surface area contributed by atoms with Gasteiger partial charge in [-0.25, -0.2) is 4.79 Å². The number of ether oxygens (including phenoxy) is 2. The van der Waals surface area contributed by atoms with Crippen LogP contribution in [0, 0.1) is 0 Å². The molecule has 5 nitrogen and oxygen atoms in total. The van der Waals surface area contributed by atoms with Crippen LogP contribution in [0.1, 0.15) is 71.6 Å². The lowest BCUT2D eigenvalue weighted by molar-refractivity contribution is -0.151. The van der Waals surface area contributed by atoms with Crippen LogP contribution in [-0.4, -0.2) is 29.9 Å². The second-order valence-corrected chi connectivity index (χ2v) is 6.13. The number of carbonyl (C=O) groups excluding carboxylic acids is 3. The SMILES string of the molecule is CC(=O)O[C@H]1CCCCCCCCC[C@@H](C)OC(=O)/C=C\C1=O. The third-order valence-corrected chi connectivity index (χ3v) is 3.90. The predicted molar refractivity (Wildman–Crippen MR) is 86.8 cm³/mol. The van der Waals surface area contributed by atoms with E-state index in [0.29, 0.717) is 6.42 Å². The van der Waals surface area contributed by atoms with E-state index in [0.717, 1.165) is 50.7 Å². The molecule has 0 aromatic carbocycles. The molecule has 0 amide bonds. The zero-order chi connectivity index (χ0) is 17.1. The van der Waals surface area contributed by atoms with Crippen LogP contribution in [0.15, 0.2) is 12.2 Å². The van der Waals surface area contributed by atoms with Crippen LogP contribution >= 0.6 is 0 Å². The number of esters is 2. The van der Waals surface area contributed by atoms with Crippen molar-refractivity contribution in [3.05, 3.63) is 12.2 Å². The molecule has 130 valence electrons. The first kappa shape index (κ1) is 19.4. The molecule has 0 saturated carbocycles. The van der Waals surface area contributed by atoms with Gasteiger partial charge in [0.15, 0.2) is 11.9 Å². The summed E-state index contributed by atoms with van der Waals surface area (Å²) in [6, 6.07) is 0. The molecule has 1 rings (SSSR count). The lowest BCUT2D eigenvalue weighted by Crippen LogP contribution is -2.25. The second kappa shape index (κ2) is 11.0. The molecule has 0 aromatic rings. The van der Waals surface area contributed by atoms with Gasteiger partial charge in [-0.05, 0) is 38.7 Å². The van der Waals surface area contributed by atoms with Crippen molar-refractivity contribution in [3.8, 4) is 0 Å². The summed E-state index contributed by atoms with van der Waals surface area (Å²) in [7, 11) is 0. The average molecular weight is 324 g/mol. The highest BCUT2D eigenvalue weighted by Crippen LogP contribution is 2.15. The van der Waals surface area contributed by atoms with E-state index >= 15 is 0 Å². The minimum absolute atomic E-state index is 0.153. The Balaban J connectivity index is 2.68. The summed E-state index contributed by atoms with van der Waals surface area (Å²) in [4.78, 5) is 34.9. The Morgan fingerprint density at radius 1 is 1.00 bits per heavy atom. The van der Waals surface area contributed by atoms with Crippen molar-refractivity contribution in [2.24, 2.45) is 0 Å². The van der Waals surface area contributed by atoms with Gasteiger partial charge in [0.1, 0.15) is 0 Å². The first-order valence-electron chi connectivity index (χ1n) is 8.59. The van der Waals surface area contributed by atoms with Gasteiger partial charge >= 0.3 is 11.9 Å². The van der Waals surface area contributed by atoms with Gasteiger partial charge < -0.3 is 9.47 Å². The van der Waals surface area contributed by atoms with Gasteiger partial charge in [0, 0.05) is 13.0 Å². The van der Waals surface area contributed by atoms with Crippen LogP contribution in [0.3, 0.4) is 0 Å². The van der Waals surface area contributed by atoms with Crippen molar-refractivity contribution in [2.45, 2.75) is 83.8 Å². The largest absolute Gasteiger partial charge is 0.460 e. The van der Waals surface area contributed by atoms with Gasteiger partial charge in [-0.1, -0.05) is 32.1 Å². The number of rotatable bonds is 1. The van der Waals surface area contributed by atoms with Crippen LogP contribution in [-0.2, 0) is 23.9 Å². The highest BCUT2D eigenvalue weighted by molar-refractivity contribution is 5.99. The normalized spacial score (nSPS) is 27.0. The number of carbonyl (C=O) groups is 3. The van der Waals surface area contributed by atoms with Crippen molar-refractivity contribution in [1.29, 1.82) is 0 Å². The first-order chi connectivity index (χ1) is 11.0. The fraction of sp³-hybridized carbons (Fsp3) is 0.722. The summed E-state index contributed by atoms with van der Waals surface area (Å²) < 4.78 is 10.3. The molecule has 5 heteroatoms. The first-order valence-corrected chi connectivity index (χ1v) is 8.59. The van der Waals surface area contributed by atoms with Crippen molar-refractivity contribution in [3.63, 3.8) is 0 Å². The molecule has 0 saturated heterocycles. The van der Waals surface area contributed by atoms with Gasteiger partial charge in [0.2, 0.25) is 0 Å². The van der Waals surface area contributed by atoms with Gasteiger partial charge in [-0.2, -0.15) is 0 Å². The Morgan fingerprint density at radius 2 is 1.57 bits per heavy atom. The lowest BCUT2D eigenvalue weighted by Gasteiger charge is -2.15. The molecule has 2 atom stereocenters. The molecule has 23 heavy (non-hydrogen) atoms. The number of cyclic esters (lactones) is 1. The van der Waals surface area contributed by atoms with E-state index in [4.69, 9.17) is 9.47 Å². The molecule has 0 N–H and O–H groups in total. The van der Waals surface area contributed by atoms with E-state index in [-0.39, 0.29) is 11.9 Å². The molecule has 1 aliphatic rings. The maximum atomic E-state index is 12.1. The topological polar surface area (TPSA) is 69.7 Å². The molecule has 0 spiro atoms. The standard InChI is InChI=1S/C18H28O5/c1-14-10-8-6-4-3-5-7-9-11-17(23-15(2)19)16(20)12-13-18(21)22-14/h12-14,17H,3-11H2,1-2H3/b13-12-/t14-,17+/m1/s1. The van der Waals surface area contributed by atoms with E-state index in [1.807, 2.05) is 6.92 Å². The van der Waals surface area contributed by atoms with Gasteiger partial charge in [0.25, 0.3) is 0 Å². The molecule has 0 aliphatic carbocycles.